The van der Waals surface area contributed by atoms with E-state index in [0.717, 1.165) is 15.9 Å². The Hall–Kier alpha value is -2.98. The molecular formula is C28H32O3Si. The van der Waals surface area contributed by atoms with E-state index < -0.39 is 20.1 Å². The lowest BCUT2D eigenvalue weighted by Gasteiger charge is -2.44. The van der Waals surface area contributed by atoms with E-state index in [4.69, 9.17) is 4.74 Å². The Balaban J connectivity index is 2.24. The largest absolute Gasteiger partial charge is 0.457 e. The molecule has 0 heterocycles. The van der Waals surface area contributed by atoms with Crippen molar-refractivity contribution in [2.24, 2.45) is 5.92 Å². The van der Waals surface area contributed by atoms with Crippen LogP contribution in [0.4, 0.5) is 0 Å². The molecule has 0 aliphatic carbocycles. The van der Waals surface area contributed by atoms with Crippen molar-refractivity contribution in [3.8, 4) is 0 Å². The van der Waals surface area contributed by atoms with Crippen LogP contribution in [0.15, 0.2) is 91.0 Å². The average Bonchev–Trinajstić information content (AvgIpc) is 2.78. The van der Waals surface area contributed by atoms with Crippen LogP contribution in [0, 0.1) is 5.92 Å². The molecular weight excluding hydrogens is 412 g/mol. The van der Waals surface area contributed by atoms with Crippen LogP contribution in [-0.2, 0) is 14.3 Å². The van der Waals surface area contributed by atoms with Gasteiger partial charge in [0.1, 0.15) is 11.5 Å². The topological polar surface area (TPSA) is 43.4 Å². The van der Waals surface area contributed by atoms with Gasteiger partial charge in [-0.1, -0.05) is 119 Å². The third-order valence-electron chi connectivity index (χ3n) is 6.20. The number of esters is 1. The molecule has 3 aromatic rings. The molecule has 0 amide bonds. The van der Waals surface area contributed by atoms with Crippen molar-refractivity contribution in [3.05, 3.63) is 96.6 Å². The highest BCUT2D eigenvalue weighted by molar-refractivity contribution is 7.24. The summed E-state index contributed by atoms with van der Waals surface area (Å²) >= 11 is 0. The highest BCUT2D eigenvalue weighted by atomic mass is 28.3. The Kier molecular flexibility index (Phi) is 7.14. The van der Waals surface area contributed by atoms with Gasteiger partial charge in [0.05, 0.1) is 5.92 Å². The van der Waals surface area contributed by atoms with Gasteiger partial charge in [-0.3, -0.25) is 4.79 Å². The number of hydrogen-bond donors (Lipinski definition) is 0. The Labute approximate surface area is 192 Å². The summed E-state index contributed by atoms with van der Waals surface area (Å²) in [6, 6.07) is 29.9. The van der Waals surface area contributed by atoms with Gasteiger partial charge < -0.3 is 9.53 Å². The maximum Gasteiger partial charge on any atom is 0.303 e. The monoisotopic (exact) mass is 444 g/mol. The summed E-state index contributed by atoms with van der Waals surface area (Å²) in [5, 5.41) is 2.01. The second-order valence-corrected chi connectivity index (χ2v) is 14.0. The zero-order valence-corrected chi connectivity index (χ0v) is 20.5. The molecule has 3 aromatic carbocycles. The summed E-state index contributed by atoms with van der Waals surface area (Å²) in [7, 11) is -2.99. The van der Waals surface area contributed by atoms with Gasteiger partial charge >= 0.3 is 5.97 Å². The molecule has 0 saturated carbocycles. The summed E-state index contributed by atoms with van der Waals surface area (Å²) < 4.78 is 5.76. The van der Waals surface area contributed by atoms with Gasteiger partial charge in [0, 0.05) is 6.92 Å². The molecule has 3 nitrogen and oxygen atoms in total. The van der Waals surface area contributed by atoms with Gasteiger partial charge in [-0.15, -0.1) is 0 Å². The highest BCUT2D eigenvalue weighted by Gasteiger charge is 2.56. The fourth-order valence-electron chi connectivity index (χ4n) is 4.82. The molecule has 0 fully saturated rings. The molecule has 2 atom stereocenters. The predicted molar refractivity (Wildman–Crippen MR) is 133 cm³/mol. The highest BCUT2D eigenvalue weighted by Crippen LogP contribution is 2.40. The van der Waals surface area contributed by atoms with Gasteiger partial charge in [0.25, 0.3) is 0 Å². The van der Waals surface area contributed by atoms with Crippen molar-refractivity contribution in [1.29, 1.82) is 0 Å². The van der Waals surface area contributed by atoms with E-state index >= 15 is 0 Å². The quantitative estimate of drug-likeness (QED) is 0.376. The normalized spacial score (nSPS) is 13.8. The molecule has 0 radical (unpaired) electrons. The number of hydrogen-bond acceptors (Lipinski definition) is 3. The molecule has 0 aromatic heterocycles. The van der Waals surface area contributed by atoms with E-state index in [1.54, 1.807) is 0 Å². The summed E-state index contributed by atoms with van der Waals surface area (Å²) in [5.74, 6) is -0.895. The van der Waals surface area contributed by atoms with Crippen LogP contribution in [0.2, 0.25) is 5.04 Å². The Morgan fingerprint density at radius 1 is 0.750 bits per heavy atom. The number of carbonyl (C=O) groups excluding carboxylic acids is 2. The summed E-state index contributed by atoms with van der Waals surface area (Å²) in [6.07, 6.45) is -0.636. The minimum absolute atomic E-state index is 0.164. The summed E-state index contributed by atoms with van der Waals surface area (Å²) in [4.78, 5) is 26.7. The fraction of sp³-hybridized carbons (Fsp3) is 0.286. The number of benzene rings is 3. The van der Waals surface area contributed by atoms with Crippen LogP contribution in [-0.4, -0.2) is 19.4 Å². The van der Waals surface area contributed by atoms with Crippen LogP contribution in [0.3, 0.4) is 0 Å². The second kappa shape index (κ2) is 9.66. The van der Waals surface area contributed by atoms with E-state index in [1.807, 2.05) is 73.7 Å². The second-order valence-electron chi connectivity index (χ2n) is 9.33. The SMILES string of the molecule is CC(=O)O[C@@H](c1ccccc1)[C@@H](C)C(=O)[Si](c1ccccc1)(c1ccccc1)C(C)(C)C. The first-order chi connectivity index (χ1) is 15.2. The van der Waals surface area contributed by atoms with Crippen LogP contribution in [0.5, 0.6) is 0 Å². The maximum absolute atomic E-state index is 14.7. The van der Waals surface area contributed by atoms with Crippen molar-refractivity contribution < 1.29 is 14.3 Å². The standard InChI is InChI=1S/C28H32O3Si/c1-21(26(31-22(2)29)23-15-9-6-10-16-23)27(30)32(28(3,4)5,24-17-11-7-12-18-24)25-19-13-8-14-20-25/h6-21,26H,1-5H3/t21-,26-/m1/s1. The summed E-state index contributed by atoms with van der Waals surface area (Å²) in [5.41, 5.74) is 0.835. The molecule has 0 bridgehead atoms. The van der Waals surface area contributed by atoms with E-state index in [-0.39, 0.29) is 16.4 Å². The van der Waals surface area contributed by atoms with Crippen molar-refractivity contribution in [3.63, 3.8) is 0 Å². The minimum Gasteiger partial charge on any atom is -0.457 e. The number of rotatable bonds is 7. The lowest BCUT2D eigenvalue weighted by molar-refractivity contribution is -0.150. The lowest BCUT2D eigenvalue weighted by atomic mass is 9.98. The van der Waals surface area contributed by atoms with E-state index in [1.165, 1.54) is 6.92 Å². The average molecular weight is 445 g/mol. The smallest absolute Gasteiger partial charge is 0.303 e. The van der Waals surface area contributed by atoms with Crippen LogP contribution in [0.25, 0.3) is 0 Å². The van der Waals surface area contributed by atoms with E-state index in [0.29, 0.717) is 0 Å². The predicted octanol–water partition coefficient (Wildman–Crippen LogP) is 5.10. The molecule has 4 heteroatoms. The van der Waals surface area contributed by atoms with E-state index in [9.17, 15) is 9.59 Å². The Bertz CT molecular complexity index is 1000. The molecule has 3 rings (SSSR count). The first kappa shape index (κ1) is 23.7. The molecule has 166 valence electrons. The molecule has 32 heavy (non-hydrogen) atoms. The molecule has 0 N–H and O–H groups in total. The van der Waals surface area contributed by atoms with Crippen molar-refractivity contribution in [2.45, 2.75) is 45.8 Å². The van der Waals surface area contributed by atoms with E-state index in [2.05, 4.69) is 45.0 Å². The van der Waals surface area contributed by atoms with Crippen LogP contribution in [0.1, 0.15) is 46.3 Å². The zero-order chi connectivity index (χ0) is 23.4. The Morgan fingerprint density at radius 3 is 1.53 bits per heavy atom. The molecule has 0 saturated heterocycles. The van der Waals surface area contributed by atoms with Gasteiger partial charge in [0.2, 0.25) is 0 Å². The van der Waals surface area contributed by atoms with Crippen molar-refractivity contribution in [1.82, 2.24) is 0 Å². The van der Waals surface area contributed by atoms with Gasteiger partial charge in [-0.2, -0.15) is 0 Å². The lowest BCUT2D eigenvalue weighted by Crippen LogP contribution is -2.71. The third kappa shape index (κ3) is 4.46. The van der Waals surface area contributed by atoms with Crippen LogP contribution < -0.4 is 10.4 Å². The van der Waals surface area contributed by atoms with Crippen LogP contribution >= 0.6 is 0 Å². The fourth-order valence-corrected chi connectivity index (χ4v) is 10.4. The first-order valence-corrected chi connectivity index (χ1v) is 13.1. The van der Waals surface area contributed by atoms with Gasteiger partial charge in [-0.25, -0.2) is 0 Å². The summed E-state index contributed by atoms with van der Waals surface area (Å²) in [6.45, 7) is 9.78. The zero-order valence-electron chi connectivity index (χ0n) is 19.5. The van der Waals surface area contributed by atoms with Crippen molar-refractivity contribution in [2.75, 3.05) is 0 Å². The number of carbonyl (C=O) groups is 2. The third-order valence-corrected chi connectivity index (χ3v) is 12.0. The molecule has 0 spiro atoms. The molecule has 0 unspecified atom stereocenters. The Morgan fingerprint density at radius 2 is 1.16 bits per heavy atom. The first-order valence-electron chi connectivity index (χ1n) is 11.1. The van der Waals surface area contributed by atoms with Crippen molar-refractivity contribution >= 4 is 29.8 Å². The number of ether oxygens (including phenoxy) is 1. The molecule has 0 aliphatic heterocycles. The minimum atomic E-state index is -2.99. The maximum atomic E-state index is 14.7. The van der Waals surface area contributed by atoms with Gasteiger partial charge in [-0.05, 0) is 21.0 Å². The molecule has 0 aliphatic rings. The van der Waals surface area contributed by atoms with Gasteiger partial charge in [0.15, 0.2) is 8.07 Å².